The fourth-order valence-electron chi connectivity index (χ4n) is 1.96. The standard InChI is InChI=1S/C17H23ClN2O6/c1-17(2,3)26-16(24)20-13(10-5-7-11(18)8-6-10)14(22)19-12(9-21)15(23)25-4/h5-8,12-13,21H,9H2,1-4H3,(H,19,22)(H,20,24)/t12-,13+/m0/s1. The third-order valence-corrected chi connectivity index (χ3v) is 3.36. The van der Waals surface area contributed by atoms with Crippen molar-refractivity contribution in [2.75, 3.05) is 13.7 Å². The lowest BCUT2D eigenvalue weighted by Gasteiger charge is -2.24. The number of hydrogen-bond donors (Lipinski definition) is 3. The minimum Gasteiger partial charge on any atom is -0.467 e. The molecule has 26 heavy (non-hydrogen) atoms. The van der Waals surface area contributed by atoms with Crippen LogP contribution in [0.5, 0.6) is 0 Å². The van der Waals surface area contributed by atoms with E-state index in [1.807, 2.05) is 0 Å². The maximum absolute atomic E-state index is 12.6. The van der Waals surface area contributed by atoms with Gasteiger partial charge in [0.1, 0.15) is 11.6 Å². The summed E-state index contributed by atoms with van der Waals surface area (Å²) in [5.41, 5.74) is -0.343. The van der Waals surface area contributed by atoms with Crippen molar-refractivity contribution in [1.29, 1.82) is 0 Å². The predicted octanol–water partition coefficient (Wildman–Crippen LogP) is 1.56. The Kier molecular flexibility index (Phi) is 7.85. The Labute approximate surface area is 156 Å². The van der Waals surface area contributed by atoms with E-state index in [9.17, 15) is 19.5 Å². The monoisotopic (exact) mass is 386 g/mol. The number of benzene rings is 1. The van der Waals surface area contributed by atoms with Crippen molar-refractivity contribution in [2.45, 2.75) is 38.5 Å². The summed E-state index contributed by atoms with van der Waals surface area (Å²) in [6.45, 7) is 4.40. The van der Waals surface area contributed by atoms with E-state index in [2.05, 4.69) is 15.4 Å². The molecule has 0 aliphatic heterocycles. The molecule has 0 spiro atoms. The maximum Gasteiger partial charge on any atom is 0.408 e. The van der Waals surface area contributed by atoms with Crippen LogP contribution in [0.25, 0.3) is 0 Å². The van der Waals surface area contributed by atoms with Crippen LogP contribution in [0.1, 0.15) is 32.4 Å². The van der Waals surface area contributed by atoms with Crippen LogP contribution in [-0.4, -0.2) is 48.4 Å². The van der Waals surface area contributed by atoms with Crippen molar-refractivity contribution in [2.24, 2.45) is 0 Å². The summed E-state index contributed by atoms with van der Waals surface area (Å²) in [7, 11) is 1.13. The van der Waals surface area contributed by atoms with Crippen molar-refractivity contribution >= 4 is 29.6 Å². The molecule has 144 valence electrons. The van der Waals surface area contributed by atoms with Gasteiger partial charge in [0.25, 0.3) is 0 Å². The molecule has 0 aliphatic carbocycles. The van der Waals surface area contributed by atoms with Crippen LogP contribution in [0.15, 0.2) is 24.3 Å². The van der Waals surface area contributed by atoms with Crippen LogP contribution in [0.4, 0.5) is 4.79 Å². The van der Waals surface area contributed by atoms with E-state index in [1.165, 1.54) is 0 Å². The van der Waals surface area contributed by atoms with Gasteiger partial charge >= 0.3 is 12.1 Å². The molecule has 1 rings (SSSR count). The first kappa shape index (κ1) is 21.7. The minimum atomic E-state index is -1.26. The largest absolute Gasteiger partial charge is 0.467 e. The molecule has 1 aromatic carbocycles. The summed E-state index contributed by atoms with van der Waals surface area (Å²) >= 11 is 5.85. The Bertz CT molecular complexity index is 642. The van der Waals surface area contributed by atoms with Gasteiger partial charge in [-0.3, -0.25) is 4.79 Å². The number of rotatable bonds is 6. The number of aliphatic hydroxyl groups is 1. The van der Waals surface area contributed by atoms with E-state index in [4.69, 9.17) is 16.3 Å². The van der Waals surface area contributed by atoms with Gasteiger partial charge in [-0.1, -0.05) is 23.7 Å². The highest BCUT2D eigenvalue weighted by atomic mass is 35.5. The van der Waals surface area contributed by atoms with Crippen LogP contribution in [0, 0.1) is 0 Å². The van der Waals surface area contributed by atoms with Crippen LogP contribution in [0.2, 0.25) is 5.02 Å². The second kappa shape index (κ2) is 9.40. The van der Waals surface area contributed by atoms with E-state index in [0.717, 1.165) is 7.11 Å². The zero-order valence-corrected chi connectivity index (χ0v) is 15.8. The quantitative estimate of drug-likeness (QED) is 0.639. The third-order valence-electron chi connectivity index (χ3n) is 3.11. The van der Waals surface area contributed by atoms with Crippen molar-refractivity contribution < 1.29 is 29.0 Å². The van der Waals surface area contributed by atoms with Crippen molar-refractivity contribution in [3.05, 3.63) is 34.9 Å². The molecule has 2 amide bonds. The Balaban J connectivity index is 3.03. The molecule has 8 nitrogen and oxygen atoms in total. The fraction of sp³-hybridized carbons (Fsp3) is 0.471. The SMILES string of the molecule is COC(=O)[C@H](CO)NC(=O)[C@H](NC(=O)OC(C)(C)C)c1ccc(Cl)cc1. The highest BCUT2D eigenvalue weighted by Crippen LogP contribution is 2.18. The van der Waals surface area contributed by atoms with Gasteiger partial charge < -0.3 is 25.2 Å². The predicted molar refractivity (Wildman–Crippen MR) is 94.6 cm³/mol. The lowest BCUT2D eigenvalue weighted by Crippen LogP contribution is -2.49. The number of hydrogen-bond acceptors (Lipinski definition) is 6. The Morgan fingerprint density at radius 1 is 1.15 bits per heavy atom. The highest BCUT2D eigenvalue weighted by molar-refractivity contribution is 6.30. The molecule has 0 bridgehead atoms. The molecule has 0 saturated heterocycles. The summed E-state index contributed by atoms with van der Waals surface area (Å²) in [5.74, 6) is -1.53. The second-order valence-corrected chi connectivity index (χ2v) is 6.83. The number of nitrogens with one attached hydrogen (secondary N) is 2. The van der Waals surface area contributed by atoms with Gasteiger partial charge in [0.2, 0.25) is 5.91 Å². The molecule has 0 saturated carbocycles. The van der Waals surface area contributed by atoms with Crippen LogP contribution in [0.3, 0.4) is 0 Å². The van der Waals surface area contributed by atoms with Gasteiger partial charge in [-0.25, -0.2) is 9.59 Å². The molecule has 0 heterocycles. The van der Waals surface area contributed by atoms with E-state index >= 15 is 0 Å². The number of ether oxygens (including phenoxy) is 2. The number of carbonyl (C=O) groups is 3. The number of halogens is 1. The van der Waals surface area contributed by atoms with Crippen LogP contribution >= 0.6 is 11.6 Å². The number of alkyl carbamates (subject to hydrolysis) is 1. The molecule has 0 radical (unpaired) electrons. The summed E-state index contributed by atoms with van der Waals surface area (Å²) in [6, 6.07) is 3.78. The first-order valence-electron chi connectivity index (χ1n) is 7.81. The summed E-state index contributed by atoms with van der Waals surface area (Å²) in [4.78, 5) is 36.2. The van der Waals surface area contributed by atoms with Gasteiger partial charge in [-0.15, -0.1) is 0 Å². The molecule has 0 aromatic heterocycles. The zero-order chi connectivity index (χ0) is 19.9. The van der Waals surface area contributed by atoms with Gasteiger partial charge in [0, 0.05) is 5.02 Å². The number of aliphatic hydroxyl groups excluding tert-OH is 1. The van der Waals surface area contributed by atoms with Crippen LogP contribution in [-0.2, 0) is 19.1 Å². The topological polar surface area (TPSA) is 114 Å². The zero-order valence-electron chi connectivity index (χ0n) is 15.0. The smallest absolute Gasteiger partial charge is 0.408 e. The first-order valence-corrected chi connectivity index (χ1v) is 8.19. The molecular formula is C17H23ClN2O6. The Morgan fingerprint density at radius 3 is 2.19 bits per heavy atom. The number of amides is 2. The van der Waals surface area contributed by atoms with Crippen molar-refractivity contribution in [3.8, 4) is 0 Å². The first-order chi connectivity index (χ1) is 12.1. The molecular weight excluding hydrogens is 364 g/mol. The van der Waals surface area contributed by atoms with Crippen LogP contribution < -0.4 is 10.6 Å². The summed E-state index contributed by atoms with van der Waals surface area (Å²) in [5, 5.41) is 14.5. The second-order valence-electron chi connectivity index (χ2n) is 6.40. The number of esters is 1. The molecule has 1 aromatic rings. The number of methoxy groups -OCH3 is 1. The van der Waals surface area contributed by atoms with E-state index < -0.39 is 42.3 Å². The Morgan fingerprint density at radius 2 is 1.73 bits per heavy atom. The average Bonchev–Trinajstić information content (AvgIpc) is 2.56. The van der Waals surface area contributed by atoms with Gasteiger partial charge in [-0.2, -0.15) is 0 Å². The maximum atomic E-state index is 12.6. The van der Waals surface area contributed by atoms with Gasteiger partial charge in [-0.05, 0) is 38.5 Å². The highest BCUT2D eigenvalue weighted by Gasteiger charge is 2.29. The van der Waals surface area contributed by atoms with E-state index in [-0.39, 0.29) is 0 Å². The third kappa shape index (κ3) is 6.89. The van der Waals surface area contributed by atoms with Gasteiger partial charge in [0.15, 0.2) is 6.04 Å². The molecule has 2 atom stereocenters. The summed E-state index contributed by atoms with van der Waals surface area (Å²) in [6.07, 6.45) is -0.814. The fourth-order valence-corrected chi connectivity index (χ4v) is 2.08. The lowest BCUT2D eigenvalue weighted by molar-refractivity contribution is -0.146. The molecule has 0 aliphatic rings. The average molecular weight is 387 g/mol. The lowest BCUT2D eigenvalue weighted by atomic mass is 10.1. The van der Waals surface area contributed by atoms with Crippen molar-refractivity contribution in [1.82, 2.24) is 10.6 Å². The molecule has 0 unspecified atom stereocenters. The number of carbonyl (C=O) groups excluding carboxylic acids is 3. The molecule has 3 N–H and O–H groups in total. The van der Waals surface area contributed by atoms with Gasteiger partial charge in [0.05, 0.1) is 13.7 Å². The van der Waals surface area contributed by atoms with Crippen molar-refractivity contribution in [3.63, 3.8) is 0 Å². The van der Waals surface area contributed by atoms with E-state index in [0.29, 0.717) is 10.6 Å². The van der Waals surface area contributed by atoms with E-state index in [1.54, 1.807) is 45.0 Å². The minimum absolute atomic E-state index is 0.416. The normalized spacial score (nSPS) is 13.3. The molecule has 9 heteroatoms. The Hall–Kier alpha value is -2.32. The summed E-state index contributed by atoms with van der Waals surface area (Å²) < 4.78 is 9.68. The molecule has 0 fully saturated rings.